The summed E-state index contributed by atoms with van der Waals surface area (Å²) in [7, 11) is 0. The molecule has 0 aromatic carbocycles. The first kappa shape index (κ1) is 16.0. The average molecular weight is 302 g/mol. The van der Waals surface area contributed by atoms with Crippen molar-refractivity contribution in [3.05, 3.63) is 34.4 Å². The number of hydrogen-bond donors (Lipinski definition) is 0. The number of ether oxygens (including phenoxy) is 2. The minimum atomic E-state index is 0.0202. The molecule has 2 heteroatoms. The maximum absolute atomic E-state index is 6.10. The molecule has 1 aliphatic carbocycles. The summed E-state index contributed by atoms with van der Waals surface area (Å²) in [6, 6.07) is 0. The smallest absolute Gasteiger partial charge is 0.117 e. The van der Waals surface area contributed by atoms with Crippen LogP contribution < -0.4 is 0 Å². The van der Waals surface area contributed by atoms with Gasteiger partial charge in [-0.15, -0.1) is 0 Å². The monoisotopic (exact) mass is 302 g/mol. The number of epoxide rings is 1. The number of rotatable bonds is 0. The first-order valence-corrected chi connectivity index (χ1v) is 8.79. The van der Waals surface area contributed by atoms with E-state index in [-0.39, 0.29) is 17.8 Å². The van der Waals surface area contributed by atoms with E-state index in [1.807, 2.05) is 0 Å². The van der Waals surface area contributed by atoms with Crippen LogP contribution in [0.3, 0.4) is 0 Å². The van der Waals surface area contributed by atoms with Crippen LogP contribution in [-0.2, 0) is 9.47 Å². The van der Waals surface area contributed by atoms with Crippen molar-refractivity contribution in [1.29, 1.82) is 0 Å². The van der Waals surface area contributed by atoms with Crippen LogP contribution in [-0.4, -0.2) is 24.4 Å². The fourth-order valence-corrected chi connectivity index (χ4v) is 3.80. The molecule has 0 radical (unpaired) electrons. The molecule has 0 unspecified atom stereocenters. The van der Waals surface area contributed by atoms with E-state index in [0.717, 1.165) is 32.3 Å². The van der Waals surface area contributed by atoms with Gasteiger partial charge in [-0.2, -0.15) is 0 Å². The van der Waals surface area contributed by atoms with Crippen LogP contribution >= 0.6 is 0 Å². The second-order valence-corrected chi connectivity index (χ2v) is 7.57. The Morgan fingerprint density at radius 3 is 2.55 bits per heavy atom. The molecule has 1 fully saturated rings. The highest BCUT2D eigenvalue weighted by Crippen LogP contribution is 2.47. The summed E-state index contributed by atoms with van der Waals surface area (Å²) in [6.07, 6.45) is 12.1. The summed E-state index contributed by atoms with van der Waals surface area (Å²) < 4.78 is 12.2. The van der Waals surface area contributed by atoms with Gasteiger partial charge in [0.15, 0.2) is 0 Å². The van der Waals surface area contributed by atoms with Crippen LogP contribution in [0.25, 0.3) is 0 Å². The molecule has 22 heavy (non-hydrogen) atoms. The van der Waals surface area contributed by atoms with E-state index in [2.05, 4.69) is 39.8 Å². The predicted molar refractivity (Wildman–Crippen MR) is 90.9 cm³/mol. The lowest BCUT2D eigenvalue weighted by Crippen LogP contribution is -2.24. The van der Waals surface area contributed by atoms with E-state index in [9.17, 15) is 0 Å². The molecule has 1 saturated heterocycles. The van der Waals surface area contributed by atoms with Gasteiger partial charge >= 0.3 is 0 Å². The summed E-state index contributed by atoms with van der Waals surface area (Å²) in [4.78, 5) is 0. The molecule has 0 N–H and O–H groups in total. The molecule has 3 atom stereocenters. The van der Waals surface area contributed by atoms with Crippen LogP contribution in [0.1, 0.15) is 66.2 Å². The van der Waals surface area contributed by atoms with Crippen molar-refractivity contribution in [2.45, 2.75) is 84.0 Å². The van der Waals surface area contributed by atoms with E-state index in [0.29, 0.717) is 0 Å². The quantitative estimate of drug-likeness (QED) is 0.458. The highest BCUT2D eigenvalue weighted by atomic mass is 16.6. The Balaban J connectivity index is 1.78. The second kappa shape index (κ2) is 6.33. The van der Waals surface area contributed by atoms with Crippen LogP contribution in [0.4, 0.5) is 0 Å². The van der Waals surface area contributed by atoms with Crippen LogP contribution in [0.5, 0.6) is 0 Å². The molecule has 0 saturated carbocycles. The largest absolute Gasteiger partial charge is 0.367 e. The van der Waals surface area contributed by atoms with Gasteiger partial charge in [0.2, 0.25) is 0 Å². The van der Waals surface area contributed by atoms with E-state index in [1.54, 1.807) is 0 Å². The first-order valence-electron chi connectivity index (χ1n) is 8.79. The molecule has 3 aliphatic rings. The number of fused-ring (bicyclic) bond motifs is 3. The third-order valence-corrected chi connectivity index (χ3v) is 5.54. The molecule has 3 rings (SSSR count). The third kappa shape index (κ3) is 3.38. The van der Waals surface area contributed by atoms with Crippen molar-refractivity contribution in [1.82, 2.24) is 0 Å². The van der Waals surface area contributed by atoms with Gasteiger partial charge in [0.05, 0.1) is 12.2 Å². The summed E-state index contributed by atoms with van der Waals surface area (Å²) in [5.41, 5.74) is 5.97. The van der Waals surface area contributed by atoms with E-state index < -0.39 is 0 Å². The average Bonchev–Trinajstić information content (AvgIpc) is 2.98. The summed E-state index contributed by atoms with van der Waals surface area (Å²) in [5, 5.41) is 0. The Morgan fingerprint density at radius 2 is 1.73 bits per heavy atom. The first-order chi connectivity index (χ1) is 10.5. The molecular weight excluding hydrogens is 272 g/mol. The lowest BCUT2D eigenvalue weighted by Gasteiger charge is -2.16. The molecule has 122 valence electrons. The van der Waals surface area contributed by atoms with Crippen molar-refractivity contribution in [3.63, 3.8) is 0 Å². The van der Waals surface area contributed by atoms with Gasteiger partial charge < -0.3 is 9.47 Å². The second-order valence-electron chi connectivity index (χ2n) is 7.57. The lowest BCUT2D eigenvalue weighted by molar-refractivity contribution is 0.0929. The minimum Gasteiger partial charge on any atom is -0.367 e. The standard InChI is InChI=1S/C20H30O2/c1-14-7-5-8-15(2)10-11-17-16(3)13-21-18(17)19-20(4,22-19)12-6-9-14/h8-9,18-19H,5-7,10-13H2,1-4H3/b14-9+,15-8+/t18-,19-,20+/m0/s1. The zero-order valence-electron chi connectivity index (χ0n) is 14.6. The van der Waals surface area contributed by atoms with E-state index >= 15 is 0 Å². The number of allylic oxidation sites excluding steroid dienone is 4. The Kier molecular flexibility index (Phi) is 4.61. The topological polar surface area (TPSA) is 21.8 Å². The van der Waals surface area contributed by atoms with Crippen molar-refractivity contribution >= 4 is 0 Å². The summed E-state index contributed by atoms with van der Waals surface area (Å²) in [6.45, 7) is 9.80. The van der Waals surface area contributed by atoms with Crippen LogP contribution in [0.15, 0.2) is 34.4 Å². The molecule has 0 aromatic rings. The molecule has 2 nitrogen and oxygen atoms in total. The molecular formula is C20H30O2. The molecule has 0 aromatic heterocycles. The van der Waals surface area contributed by atoms with Crippen LogP contribution in [0.2, 0.25) is 0 Å². The van der Waals surface area contributed by atoms with E-state index in [4.69, 9.17) is 9.47 Å². The van der Waals surface area contributed by atoms with Gasteiger partial charge in [0, 0.05) is 0 Å². The van der Waals surface area contributed by atoms with Gasteiger partial charge in [-0.25, -0.2) is 0 Å². The van der Waals surface area contributed by atoms with Gasteiger partial charge in [-0.1, -0.05) is 23.3 Å². The molecule has 0 amide bonds. The van der Waals surface area contributed by atoms with Crippen molar-refractivity contribution in [3.8, 4) is 0 Å². The maximum atomic E-state index is 6.10. The van der Waals surface area contributed by atoms with Gasteiger partial charge in [-0.05, 0) is 77.4 Å². The van der Waals surface area contributed by atoms with Crippen molar-refractivity contribution in [2.24, 2.45) is 0 Å². The Morgan fingerprint density at radius 1 is 1.00 bits per heavy atom. The van der Waals surface area contributed by atoms with Gasteiger partial charge in [0.25, 0.3) is 0 Å². The van der Waals surface area contributed by atoms with E-state index in [1.165, 1.54) is 35.1 Å². The normalized spacial score (nSPS) is 41.6. The van der Waals surface area contributed by atoms with Gasteiger partial charge in [-0.3, -0.25) is 0 Å². The summed E-state index contributed by atoms with van der Waals surface area (Å²) >= 11 is 0. The third-order valence-electron chi connectivity index (χ3n) is 5.54. The van der Waals surface area contributed by atoms with Crippen molar-refractivity contribution in [2.75, 3.05) is 6.61 Å². The minimum absolute atomic E-state index is 0.0202. The highest BCUT2D eigenvalue weighted by Gasteiger charge is 2.57. The number of hydrogen-bond acceptors (Lipinski definition) is 2. The molecule has 0 spiro atoms. The zero-order chi connectivity index (χ0) is 15.7. The zero-order valence-corrected chi connectivity index (χ0v) is 14.6. The maximum Gasteiger partial charge on any atom is 0.117 e. The fraction of sp³-hybridized carbons (Fsp3) is 0.700. The SMILES string of the molecule is CC1=C2CC/C(C)=C/CC/C(C)=C/CC[C@@]3(C)O[C@H]3[C@H]2OC1. The lowest BCUT2D eigenvalue weighted by atomic mass is 9.90. The van der Waals surface area contributed by atoms with Gasteiger partial charge in [0.1, 0.15) is 12.2 Å². The molecule has 2 heterocycles. The van der Waals surface area contributed by atoms with Crippen LogP contribution in [0, 0.1) is 0 Å². The fourth-order valence-electron chi connectivity index (χ4n) is 3.80. The Hall–Kier alpha value is -0.860. The molecule has 0 bridgehead atoms. The summed E-state index contributed by atoms with van der Waals surface area (Å²) in [5.74, 6) is 0. The Labute approximate surface area is 135 Å². The Bertz CT molecular complexity index is 526. The predicted octanol–water partition coefficient (Wildman–Crippen LogP) is 5.11. The highest BCUT2D eigenvalue weighted by molar-refractivity contribution is 5.28. The molecule has 2 aliphatic heterocycles. The van der Waals surface area contributed by atoms with Crippen molar-refractivity contribution < 1.29 is 9.47 Å².